The van der Waals surface area contributed by atoms with Gasteiger partial charge in [0.05, 0.1) is 12.1 Å². The van der Waals surface area contributed by atoms with Gasteiger partial charge in [-0.2, -0.15) is 24.7 Å². The Hall–Kier alpha value is -2.33. The van der Waals surface area contributed by atoms with Crippen molar-refractivity contribution < 1.29 is 5.11 Å². The van der Waals surface area contributed by atoms with E-state index in [2.05, 4.69) is 35.8 Å². The van der Waals surface area contributed by atoms with Gasteiger partial charge >= 0.3 is 0 Å². The van der Waals surface area contributed by atoms with Crippen LogP contribution in [0, 0.1) is 0 Å². The van der Waals surface area contributed by atoms with Gasteiger partial charge in [-0.1, -0.05) is 13.8 Å². The van der Waals surface area contributed by atoms with Crippen LogP contribution in [-0.2, 0) is 0 Å². The summed E-state index contributed by atoms with van der Waals surface area (Å²) in [7, 11) is 0. The minimum atomic E-state index is -0.493. The number of hydrogen-bond acceptors (Lipinski definition) is 9. The maximum atomic E-state index is 9.62. The van der Waals surface area contributed by atoms with E-state index in [1.807, 2.05) is 13.8 Å². The summed E-state index contributed by atoms with van der Waals surface area (Å²) < 4.78 is 1.40. The Labute approximate surface area is 121 Å². The number of aliphatic hydroxyl groups is 1. The molecule has 0 spiro atoms. The summed E-state index contributed by atoms with van der Waals surface area (Å²) >= 11 is 0. The minimum Gasteiger partial charge on any atom is -0.394 e. The Kier molecular flexibility index (Phi) is 4.60. The molecule has 0 aliphatic rings. The predicted octanol–water partition coefficient (Wildman–Crippen LogP) is -0.299. The van der Waals surface area contributed by atoms with Crippen LogP contribution in [0.2, 0.25) is 0 Å². The SMILES string of the molecule is CCC(CC)(CO)Nc1nc(NN)nc(-n2cncn2)n1. The molecular weight excluding hydrogens is 274 g/mol. The third-order valence-corrected chi connectivity index (χ3v) is 3.41. The molecule has 2 rings (SSSR count). The summed E-state index contributed by atoms with van der Waals surface area (Å²) in [6, 6.07) is 0. The molecule has 10 nitrogen and oxygen atoms in total. The van der Waals surface area contributed by atoms with Gasteiger partial charge < -0.3 is 10.4 Å². The first-order valence-electron chi connectivity index (χ1n) is 6.63. The number of rotatable bonds is 7. The van der Waals surface area contributed by atoms with Gasteiger partial charge in [0.25, 0.3) is 5.95 Å². The van der Waals surface area contributed by atoms with E-state index in [1.54, 1.807) is 0 Å². The Bertz CT molecular complexity index is 559. The number of aromatic nitrogens is 6. The molecule has 0 aromatic carbocycles. The lowest BCUT2D eigenvalue weighted by Crippen LogP contribution is -2.41. The molecule has 10 heteroatoms. The third kappa shape index (κ3) is 3.23. The highest BCUT2D eigenvalue weighted by Crippen LogP contribution is 2.20. The molecule has 0 fully saturated rings. The van der Waals surface area contributed by atoms with Gasteiger partial charge in [-0.05, 0) is 12.8 Å². The molecule has 0 aliphatic heterocycles. The van der Waals surface area contributed by atoms with E-state index in [-0.39, 0.29) is 18.5 Å². The summed E-state index contributed by atoms with van der Waals surface area (Å²) in [6.07, 6.45) is 4.28. The number of aliphatic hydroxyl groups excluding tert-OH is 1. The second-order valence-electron chi connectivity index (χ2n) is 4.54. The highest BCUT2D eigenvalue weighted by atomic mass is 16.3. The Morgan fingerprint density at radius 3 is 2.48 bits per heavy atom. The first-order chi connectivity index (χ1) is 10.2. The van der Waals surface area contributed by atoms with Gasteiger partial charge in [0.1, 0.15) is 12.7 Å². The van der Waals surface area contributed by atoms with E-state index in [1.165, 1.54) is 17.3 Å². The Morgan fingerprint density at radius 1 is 1.24 bits per heavy atom. The first kappa shape index (κ1) is 15.1. The number of hydrazine groups is 1. The fourth-order valence-corrected chi connectivity index (χ4v) is 1.83. The molecule has 0 saturated heterocycles. The lowest BCUT2D eigenvalue weighted by Gasteiger charge is -2.30. The highest BCUT2D eigenvalue weighted by Gasteiger charge is 2.26. The summed E-state index contributed by atoms with van der Waals surface area (Å²) in [6.45, 7) is 3.93. The van der Waals surface area contributed by atoms with Crippen molar-refractivity contribution in [2.45, 2.75) is 32.2 Å². The van der Waals surface area contributed by atoms with Crippen molar-refractivity contribution in [1.29, 1.82) is 0 Å². The maximum Gasteiger partial charge on any atom is 0.258 e. The summed E-state index contributed by atoms with van der Waals surface area (Å²) in [4.78, 5) is 16.4. The van der Waals surface area contributed by atoms with E-state index >= 15 is 0 Å². The number of nitrogen functional groups attached to an aromatic ring is 1. The third-order valence-electron chi connectivity index (χ3n) is 3.41. The van der Waals surface area contributed by atoms with Crippen LogP contribution in [0.15, 0.2) is 12.7 Å². The van der Waals surface area contributed by atoms with Gasteiger partial charge in [-0.15, -0.1) is 0 Å². The van der Waals surface area contributed by atoms with E-state index in [4.69, 9.17) is 5.84 Å². The molecule has 5 N–H and O–H groups in total. The number of hydrogen-bond donors (Lipinski definition) is 4. The second-order valence-corrected chi connectivity index (χ2v) is 4.54. The molecule has 21 heavy (non-hydrogen) atoms. The van der Waals surface area contributed by atoms with Crippen molar-refractivity contribution in [3.8, 4) is 5.95 Å². The fraction of sp³-hybridized carbons (Fsp3) is 0.545. The van der Waals surface area contributed by atoms with Gasteiger partial charge in [-0.3, -0.25) is 5.43 Å². The van der Waals surface area contributed by atoms with Gasteiger partial charge in [-0.25, -0.2) is 10.8 Å². The van der Waals surface area contributed by atoms with Crippen LogP contribution in [0.25, 0.3) is 5.95 Å². The van der Waals surface area contributed by atoms with Crippen molar-refractivity contribution in [3.63, 3.8) is 0 Å². The molecule has 2 heterocycles. The van der Waals surface area contributed by atoms with Crippen molar-refractivity contribution >= 4 is 11.9 Å². The predicted molar refractivity (Wildman–Crippen MR) is 76.6 cm³/mol. The van der Waals surface area contributed by atoms with E-state index in [9.17, 15) is 5.11 Å². The van der Waals surface area contributed by atoms with E-state index < -0.39 is 5.54 Å². The minimum absolute atomic E-state index is 0.0320. The molecule has 0 amide bonds. The molecule has 114 valence electrons. The molecule has 0 saturated carbocycles. The molecule has 0 unspecified atom stereocenters. The van der Waals surface area contributed by atoms with Crippen molar-refractivity contribution in [2.75, 3.05) is 17.3 Å². The quantitative estimate of drug-likeness (QED) is 0.400. The smallest absolute Gasteiger partial charge is 0.258 e. The summed E-state index contributed by atoms with van der Waals surface area (Å²) in [5.41, 5.74) is 1.89. The van der Waals surface area contributed by atoms with Crippen molar-refractivity contribution in [2.24, 2.45) is 5.84 Å². The zero-order valence-corrected chi connectivity index (χ0v) is 12.0. The van der Waals surface area contributed by atoms with Crippen LogP contribution in [0.1, 0.15) is 26.7 Å². The Morgan fingerprint density at radius 2 is 1.95 bits per heavy atom. The summed E-state index contributed by atoms with van der Waals surface area (Å²) in [5.74, 6) is 6.15. The highest BCUT2D eigenvalue weighted by molar-refractivity contribution is 5.39. The molecule has 0 atom stereocenters. The maximum absolute atomic E-state index is 9.62. The topological polar surface area (TPSA) is 140 Å². The van der Waals surface area contributed by atoms with Crippen LogP contribution in [-0.4, -0.2) is 47.0 Å². The molecule has 0 bridgehead atoms. The molecule has 0 radical (unpaired) electrons. The molecule has 2 aromatic rings. The van der Waals surface area contributed by atoms with E-state index in [0.717, 1.165) is 12.8 Å². The fourth-order valence-electron chi connectivity index (χ4n) is 1.83. The van der Waals surface area contributed by atoms with Crippen LogP contribution >= 0.6 is 0 Å². The van der Waals surface area contributed by atoms with E-state index in [0.29, 0.717) is 5.95 Å². The molecule has 2 aromatic heterocycles. The lowest BCUT2D eigenvalue weighted by molar-refractivity contribution is 0.201. The van der Waals surface area contributed by atoms with Crippen molar-refractivity contribution in [1.82, 2.24) is 29.7 Å². The average molecular weight is 293 g/mol. The first-order valence-corrected chi connectivity index (χ1v) is 6.63. The lowest BCUT2D eigenvalue weighted by atomic mass is 9.94. The normalized spacial score (nSPS) is 11.4. The summed E-state index contributed by atoms with van der Waals surface area (Å²) in [5, 5.41) is 16.7. The zero-order chi connectivity index (χ0) is 15.3. The molecule has 0 aliphatic carbocycles. The van der Waals surface area contributed by atoms with Crippen molar-refractivity contribution in [3.05, 3.63) is 12.7 Å². The second kappa shape index (κ2) is 6.41. The number of anilines is 2. The zero-order valence-electron chi connectivity index (χ0n) is 12.0. The van der Waals surface area contributed by atoms with Gasteiger partial charge in [0.15, 0.2) is 0 Å². The largest absolute Gasteiger partial charge is 0.394 e. The number of nitrogens with two attached hydrogens (primary N) is 1. The van der Waals surface area contributed by atoms with Gasteiger partial charge in [0.2, 0.25) is 11.9 Å². The number of nitrogens with zero attached hydrogens (tertiary/aromatic N) is 6. The van der Waals surface area contributed by atoms with Gasteiger partial charge in [0, 0.05) is 0 Å². The number of nitrogens with one attached hydrogen (secondary N) is 2. The Balaban J connectivity index is 2.37. The average Bonchev–Trinajstić information content (AvgIpc) is 3.07. The molecular formula is C11H19N9O. The van der Waals surface area contributed by atoms with Crippen LogP contribution in [0.5, 0.6) is 0 Å². The monoisotopic (exact) mass is 293 g/mol. The van der Waals surface area contributed by atoms with Crippen LogP contribution in [0.4, 0.5) is 11.9 Å². The van der Waals surface area contributed by atoms with Crippen LogP contribution in [0.3, 0.4) is 0 Å². The standard InChI is InChI=1S/C11H19N9O/c1-3-11(4-2,5-21)18-8-15-9(19-12)17-10(16-8)20-7-13-6-14-20/h6-7,21H,3-5,12H2,1-2H3,(H2,15,16,17,18,19). The van der Waals surface area contributed by atoms with Crippen LogP contribution < -0.4 is 16.6 Å².